The summed E-state index contributed by atoms with van der Waals surface area (Å²) in [6, 6.07) is 8.73. The number of piperazine rings is 1. The van der Waals surface area contributed by atoms with E-state index >= 15 is 0 Å². The van der Waals surface area contributed by atoms with Crippen LogP contribution in [0.25, 0.3) is 0 Å². The lowest BCUT2D eigenvalue weighted by Gasteiger charge is -2.39. The fraction of sp³-hybridized carbons (Fsp3) is 0.625. The van der Waals surface area contributed by atoms with Crippen LogP contribution in [0.3, 0.4) is 0 Å². The molecule has 0 unspecified atom stereocenters. The first-order chi connectivity index (χ1) is 9.00. The molecule has 0 saturated carbocycles. The smallest absolute Gasteiger partial charge is 0.0494 e. The molecule has 0 radical (unpaired) electrons. The van der Waals surface area contributed by atoms with E-state index < -0.39 is 0 Å². The van der Waals surface area contributed by atoms with Gasteiger partial charge in [0.05, 0.1) is 0 Å². The van der Waals surface area contributed by atoms with Crippen LogP contribution < -0.4 is 4.90 Å². The van der Waals surface area contributed by atoms with Crippen LogP contribution in [-0.2, 0) is 0 Å². The summed E-state index contributed by atoms with van der Waals surface area (Å²) in [5.74, 6) is 0. The van der Waals surface area contributed by atoms with Gasteiger partial charge in [0.1, 0.15) is 0 Å². The molecule has 3 heteroatoms. The summed E-state index contributed by atoms with van der Waals surface area (Å²) < 4.78 is 0. The molecule has 0 spiro atoms. The molecule has 0 aliphatic carbocycles. The van der Waals surface area contributed by atoms with Gasteiger partial charge in [-0.1, -0.05) is 26.0 Å². The molecule has 0 bridgehead atoms. The van der Waals surface area contributed by atoms with Gasteiger partial charge in [0.25, 0.3) is 0 Å². The highest BCUT2D eigenvalue weighted by Gasteiger charge is 2.24. The Kier molecular flexibility index (Phi) is 4.48. The zero-order valence-corrected chi connectivity index (χ0v) is 12.4. The molecule has 1 N–H and O–H groups in total. The Hall–Kier alpha value is -1.06. The quantitative estimate of drug-likeness (QED) is 0.900. The van der Waals surface area contributed by atoms with E-state index in [4.69, 9.17) is 0 Å². The zero-order chi connectivity index (χ0) is 13.9. The topological polar surface area (TPSA) is 26.7 Å². The Morgan fingerprint density at radius 1 is 1.16 bits per heavy atom. The number of aryl methyl sites for hydroxylation is 1. The summed E-state index contributed by atoms with van der Waals surface area (Å²) >= 11 is 0. The predicted molar refractivity (Wildman–Crippen MR) is 80.7 cm³/mol. The molecule has 0 atom stereocenters. The lowest BCUT2D eigenvalue weighted by Crippen LogP contribution is -2.49. The fourth-order valence-corrected chi connectivity index (χ4v) is 2.64. The lowest BCUT2D eigenvalue weighted by molar-refractivity contribution is 0.0996. The highest BCUT2D eigenvalue weighted by molar-refractivity contribution is 5.48. The van der Waals surface area contributed by atoms with Crippen LogP contribution in [0, 0.1) is 12.3 Å². The highest BCUT2D eigenvalue weighted by atomic mass is 16.3. The number of aliphatic hydroxyl groups excluding tert-OH is 1. The molecule has 1 heterocycles. The molecule has 2 rings (SSSR count). The van der Waals surface area contributed by atoms with E-state index in [2.05, 4.69) is 54.8 Å². The minimum absolute atomic E-state index is 0.00546. The van der Waals surface area contributed by atoms with Crippen molar-refractivity contribution in [2.45, 2.75) is 20.8 Å². The van der Waals surface area contributed by atoms with Crippen molar-refractivity contribution in [2.75, 3.05) is 44.2 Å². The average Bonchev–Trinajstić information content (AvgIpc) is 2.39. The Labute approximate surface area is 116 Å². The van der Waals surface area contributed by atoms with Crippen molar-refractivity contribution in [1.82, 2.24) is 4.90 Å². The molecule has 1 fully saturated rings. The maximum absolute atomic E-state index is 9.35. The van der Waals surface area contributed by atoms with Gasteiger partial charge in [-0.25, -0.2) is 0 Å². The third kappa shape index (κ3) is 3.95. The largest absolute Gasteiger partial charge is 0.396 e. The predicted octanol–water partition coefficient (Wildman–Crippen LogP) is 2.14. The molecule has 1 aromatic rings. The van der Waals surface area contributed by atoms with Gasteiger partial charge < -0.3 is 10.0 Å². The third-order valence-electron chi connectivity index (χ3n) is 3.82. The highest BCUT2D eigenvalue weighted by Crippen LogP contribution is 2.20. The number of aliphatic hydroxyl groups is 1. The molecule has 0 amide bonds. The second-order valence-corrected chi connectivity index (χ2v) is 6.42. The molecular weight excluding hydrogens is 236 g/mol. The van der Waals surface area contributed by atoms with Crippen molar-refractivity contribution in [2.24, 2.45) is 5.41 Å². The first kappa shape index (κ1) is 14.4. The van der Waals surface area contributed by atoms with Crippen molar-refractivity contribution in [1.29, 1.82) is 0 Å². The van der Waals surface area contributed by atoms with Gasteiger partial charge in [0, 0.05) is 50.4 Å². The van der Waals surface area contributed by atoms with Gasteiger partial charge >= 0.3 is 0 Å². The second-order valence-electron chi connectivity index (χ2n) is 6.42. The Bertz CT molecular complexity index is 409. The normalized spacial score (nSPS) is 17.8. The molecule has 0 aromatic heterocycles. The minimum atomic E-state index is 0.00546. The van der Waals surface area contributed by atoms with Crippen LogP contribution in [0.4, 0.5) is 5.69 Å². The summed E-state index contributed by atoms with van der Waals surface area (Å²) in [6.45, 7) is 11.9. The van der Waals surface area contributed by atoms with E-state index in [0.717, 1.165) is 32.7 Å². The Morgan fingerprint density at radius 3 is 2.42 bits per heavy atom. The summed E-state index contributed by atoms with van der Waals surface area (Å²) in [7, 11) is 0. The summed E-state index contributed by atoms with van der Waals surface area (Å²) in [5.41, 5.74) is 2.66. The molecule has 19 heavy (non-hydrogen) atoms. The summed E-state index contributed by atoms with van der Waals surface area (Å²) in [6.07, 6.45) is 0. The lowest BCUT2D eigenvalue weighted by atomic mass is 9.94. The summed E-state index contributed by atoms with van der Waals surface area (Å²) in [4.78, 5) is 4.91. The standard InChI is InChI=1S/C16H26N2O/c1-14-5-4-6-15(11-14)18-9-7-17(8-10-18)12-16(2,3)13-19/h4-6,11,19H,7-10,12-13H2,1-3H3. The molecule has 106 valence electrons. The molecule has 3 nitrogen and oxygen atoms in total. The van der Waals surface area contributed by atoms with E-state index in [1.165, 1.54) is 11.3 Å². The number of nitrogens with zero attached hydrogens (tertiary/aromatic N) is 2. The van der Waals surface area contributed by atoms with E-state index in [9.17, 15) is 5.11 Å². The van der Waals surface area contributed by atoms with E-state index in [1.54, 1.807) is 0 Å². The molecule has 1 aromatic carbocycles. The van der Waals surface area contributed by atoms with Crippen LogP contribution in [0.15, 0.2) is 24.3 Å². The molecule has 1 saturated heterocycles. The van der Waals surface area contributed by atoms with E-state index in [-0.39, 0.29) is 12.0 Å². The van der Waals surface area contributed by atoms with Crippen LogP contribution in [0.1, 0.15) is 19.4 Å². The van der Waals surface area contributed by atoms with Crippen LogP contribution in [-0.4, -0.2) is 49.3 Å². The van der Waals surface area contributed by atoms with Crippen molar-refractivity contribution in [3.8, 4) is 0 Å². The number of benzene rings is 1. The average molecular weight is 262 g/mol. The SMILES string of the molecule is Cc1cccc(N2CCN(CC(C)(C)CO)CC2)c1. The van der Waals surface area contributed by atoms with Crippen LogP contribution >= 0.6 is 0 Å². The van der Waals surface area contributed by atoms with Crippen molar-refractivity contribution in [3.05, 3.63) is 29.8 Å². The van der Waals surface area contributed by atoms with Gasteiger partial charge in [0.15, 0.2) is 0 Å². The summed E-state index contributed by atoms with van der Waals surface area (Å²) in [5, 5.41) is 9.35. The number of hydrogen-bond donors (Lipinski definition) is 1. The number of anilines is 1. The van der Waals surface area contributed by atoms with Crippen LogP contribution in [0.2, 0.25) is 0 Å². The van der Waals surface area contributed by atoms with Gasteiger partial charge in [-0.3, -0.25) is 4.90 Å². The van der Waals surface area contributed by atoms with E-state index in [0.29, 0.717) is 0 Å². The molecular formula is C16H26N2O. The van der Waals surface area contributed by atoms with Gasteiger partial charge in [0.2, 0.25) is 0 Å². The first-order valence-electron chi connectivity index (χ1n) is 7.15. The van der Waals surface area contributed by atoms with Crippen LogP contribution in [0.5, 0.6) is 0 Å². The van der Waals surface area contributed by atoms with Gasteiger partial charge in [-0.2, -0.15) is 0 Å². The maximum Gasteiger partial charge on any atom is 0.0494 e. The minimum Gasteiger partial charge on any atom is -0.396 e. The monoisotopic (exact) mass is 262 g/mol. The molecule has 1 aliphatic rings. The third-order valence-corrected chi connectivity index (χ3v) is 3.82. The number of hydrogen-bond acceptors (Lipinski definition) is 3. The molecule has 1 aliphatic heterocycles. The van der Waals surface area contributed by atoms with Gasteiger partial charge in [-0.05, 0) is 24.6 Å². The number of rotatable bonds is 4. The fourth-order valence-electron chi connectivity index (χ4n) is 2.64. The van der Waals surface area contributed by atoms with Gasteiger partial charge in [-0.15, -0.1) is 0 Å². The Morgan fingerprint density at radius 2 is 1.84 bits per heavy atom. The van der Waals surface area contributed by atoms with E-state index in [1.807, 2.05) is 0 Å². The first-order valence-corrected chi connectivity index (χ1v) is 7.15. The Balaban J connectivity index is 1.89. The van der Waals surface area contributed by atoms with Crippen molar-refractivity contribution in [3.63, 3.8) is 0 Å². The maximum atomic E-state index is 9.35. The van der Waals surface area contributed by atoms with Crippen molar-refractivity contribution < 1.29 is 5.11 Å². The second kappa shape index (κ2) is 5.93. The van der Waals surface area contributed by atoms with Crippen molar-refractivity contribution >= 4 is 5.69 Å². The zero-order valence-electron chi connectivity index (χ0n) is 12.4.